The van der Waals surface area contributed by atoms with Crippen molar-refractivity contribution in [2.45, 2.75) is 128 Å². The van der Waals surface area contributed by atoms with Crippen molar-refractivity contribution in [1.29, 1.82) is 0 Å². The molecule has 4 N–H and O–H groups in total. The van der Waals surface area contributed by atoms with Gasteiger partial charge in [-0.15, -0.1) is 0 Å². The third-order valence-electron chi connectivity index (χ3n) is 9.36. The summed E-state index contributed by atoms with van der Waals surface area (Å²) < 4.78 is 24.9. The largest absolute Gasteiger partial charge is 2.00 e. The summed E-state index contributed by atoms with van der Waals surface area (Å²) in [6.07, 6.45) is 0. The van der Waals surface area contributed by atoms with Crippen LogP contribution >= 0.6 is 0 Å². The van der Waals surface area contributed by atoms with E-state index in [4.69, 9.17) is 18.9 Å². The molecule has 6 saturated heterocycles. The predicted octanol–water partition coefficient (Wildman–Crippen LogP) is 2.20. The summed E-state index contributed by atoms with van der Waals surface area (Å²) in [7, 11) is 0. The van der Waals surface area contributed by atoms with Crippen LogP contribution < -0.4 is 21.3 Å². The summed E-state index contributed by atoms with van der Waals surface area (Å²) in [5, 5.41) is 31.2. The van der Waals surface area contributed by atoms with Gasteiger partial charge in [-0.2, -0.15) is 0 Å². The van der Waals surface area contributed by atoms with Gasteiger partial charge in [0, 0.05) is 26.2 Å². The van der Waals surface area contributed by atoms with Crippen LogP contribution in [0.2, 0.25) is 0 Å². The molecule has 18 heteroatoms. The Morgan fingerprint density at radius 1 is 0.352 bits per heavy atom. The fourth-order valence-electron chi connectivity index (χ4n) is 5.98. The molecule has 6 heterocycles. The van der Waals surface area contributed by atoms with Crippen molar-refractivity contribution in [3.8, 4) is 0 Å². The fraction of sp³-hybridized carbons (Fsp3) is 0.889. The average molecular weight is 864 g/mol. The third kappa shape index (κ3) is 14.5. The molecule has 6 fully saturated rings. The second kappa shape index (κ2) is 19.4. The van der Waals surface area contributed by atoms with E-state index in [1.165, 1.54) is 0 Å². The van der Waals surface area contributed by atoms with Gasteiger partial charge in [0.15, 0.2) is 0 Å². The van der Waals surface area contributed by atoms with Crippen molar-refractivity contribution in [1.82, 2.24) is 21.3 Å². The maximum atomic E-state index is 13.8. The van der Waals surface area contributed by atoms with Gasteiger partial charge in [-0.05, 0) is 53.9 Å². The number of ether oxygens (including phenoxy) is 4. The number of rotatable bonds is 0. The molecule has 0 spiro atoms. The summed E-state index contributed by atoms with van der Waals surface area (Å²) in [5.41, 5.74) is -9.17. The van der Waals surface area contributed by atoms with Crippen LogP contribution in [0, 0.1) is 0 Å². The number of nitrogens with zero attached hydrogens (tertiary/aromatic N) is 4. The summed E-state index contributed by atoms with van der Waals surface area (Å²) in [6, 6.07) is 0. The van der Waals surface area contributed by atoms with Crippen LogP contribution in [0.25, 0.3) is 21.3 Å². The van der Waals surface area contributed by atoms with Gasteiger partial charge in [-0.25, -0.2) is 0 Å². The van der Waals surface area contributed by atoms with Crippen LogP contribution in [0.15, 0.2) is 0 Å². The smallest absolute Gasteiger partial charge is 0.645 e. The van der Waals surface area contributed by atoms with E-state index in [0.29, 0.717) is 0 Å². The van der Waals surface area contributed by atoms with Gasteiger partial charge in [0.05, 0.1) is 50.1 Å². The van der Waals surface area contributed by atoms with Crippen molar-refractivity contribution in [2.75, 3.05) is 78.8 Å². The van der Waals surface area contributed by atoms with Gasteiger partial charge in [-0.3, -0.25) is 0 Å². The molecule has 0 saturated carbocycles. The Morgan fingerprint density at radius 2 is 0.519 bits per heavy atom. The molecule has 6 aliphatic heterocycles. The van der Waals surface area contributed by atoms with E-state index in [0.717, 1.165) is 0 Å². The molecule has 6 aliphatic rings. The van der Waals surface area contributed by atoms with E-state index in [-0.39, 0.29) is 113 Å². The molecular weight excluding hydrogens is 800 g/mol. The van der Waals surface area contributed by atoms with E-state index in [1.54, 1.807) is 27.7 Å². The van der Waals surface area contributed by atoms with Crippen molar-refractivity contribution >= 4 is 23.6 Å². The van der Waals surface area contributed by atoms with Crippen molar-refractivity contribution in [3.05, 3.63) is 21.3 Å². The molecule has 4 amide bonds. The van der Waals surface area contributed by atoms with E-state index < -0.39 is 68.2 Å². The van der Waals surface area contributed by atoms with Gasteiger partial charge >= 0.3 is 34.1 Å². The topological polar surface area (TPSA) is 210 Å². The summed E-state index contributed by atoms with van der Waals surface area (Å²) in [4.78, 5) is 55.4. The Kier molecular flexibility index (Phi) is 18.2. The van der Waals surface area contributed by atoms with Crippen LogP contribution in [0.1, 0.15) is 83.1 Å². The van der Waals surface area contributed by atoms with E-state index in [1.807, 2.05) is 55.4 Å². The van der Waals surface area contributed by atoms with Crippen molar-refractivity contribution in [3.63, 3.8) is 0 Å². The first-order chi connectivity index (χ1) is 23.8. The number of hydrogen-bond donors (Lipinski definition) is 4. The summed E-state index contributed by atoms with van der Waals surface area (Å²) >= 11 is 0. The molecule has 0 aliphatic carbocycles. The second-order valence-corrected chi connectivity index (χ2v) is 17.6. The van der Waals surface area contributed by atoms with Crippen LogP contribution in [-0.4, -0.2) is 147 Å². The number of amides is 4. The normalized spacial score (nSPS) is 34.9. The van der Waals surface area contributed by atoms with Crippen LogP contribution in [0.4, 0.5) is 0 Å². The Labute approximate surface area is 343 Å². The van der Waals surface area contributed by atoms with E-state index >= 15 is 0 Å². The molecule has 2 radical (unpaired) electrons. The average Bonchev–Trinajstić information content (AvgIpc) is 2.99. The summed E-state index contributed by atoms with van der Waals surface area (Å²) in [5.74, 6) is -1.88. The minimum Gasteiger partial charge on any atom is -0.645 e. The molecule has 0 aromatic heterocycles. The quantitative estimate of drug-likeness (QED) is 0.259. The Morgan fingerprint density at radius 3 is 0.685 bits per heavy atom. The Bertz CT molecular complexity index is 1110. The van der Waals surface area contributed by atoms with Crippen molar-refractivity contribution in [2.24, 2.45) is 0 Å². The number of carbonyl (C=O) groups is 4. The maximum Gasteiger partial charge on any atom is 2.00 e. The minimum atomic E-state index is -1.41. The zero-order valence-electron chi connectivity index (χ0n) is 34.1. The monoisotopic (exact) mass is 862 g/mol. The summed E-state index contributed by atoms with van der Waals surface area (Å²) in [6.45, 7) is 22.2. The first-order valence-corrected chi connectivity index (χ1v) is 18.2. The molecule has 0 unspecified atom stereocenters. The molecule has 6 rings (SSSR count). The molecule has 4 atom stereocenters. The Hall–Kier alpha value is -1.40. The molecule has 0 aromatic carbocycles. The standard InChI is InChI=1S/C36H68N8O8.2Cu/c1-29(2)17-37-21-34(10)26(46)42-30(3,4)18-38-22-33(9,25(45)41-29)49-13-14-51-35(11)23-39-19-32(7,8)44-28(48)36(12,52-16-15-50-34)24-40-20-31(5,6)43-27(35)47;;/h37-40H,13-24H2,1-12H3,(H4,41,42,43,44,45,46,47,48);;/q;2*+2/p-4/t33-,34-,35-,36+;;/m1../s1. The molecule has 54 heavy (non-hydrogen) atoms. The maximum absolute atomic E-state index is 13.8. The first-order valence-electron chi connectivity index (χ1n) is 18.2. The van der Waals surface area contributed by atoms with Crippen molar-refractivity contribution < 1.29 is 72.3 Å². The van der Waals surface area contributed by atoms with Crippen LogP contribution in [0.5, 0.6) is 0 Å². The molecule has 0 aromatic rings. The van der Waals surface area contributed by atoms with Gasteiger partial charge in [0.25, 0.3) is 0 Å². The van der Waals surface area contributed by atoms with Gasteiger partial charge in [0.2, 0.25) is 0 Å². The fourth-order valence-corrected chi connectivity index (χ4v) is 5.98. The second-order valence-electron chi connectivity index (χ2n) is 17.6. The zero-order chi connectivity index (χ0) is 39.3. The molecule has 16 nitrogen and oxygen atoms in total. The number of hydrogen-bond acceptors (Lipinski definition) is 12. The number of carbonyl (C=O) groups excluding carboxylic acids is 4. The molecule has 4 bridgehead atoms. The zero-order valence-corrected chi connectivity index (χ0v) is 36.0. The first kappa shape index (κ1) is 50.6. The van der Waals surface area contributed by atoms with Gasteiger partial charge < -0.3 is 80.7 Å². The van der Waals surface area contributed by atoms with Crippen LogP contribution in [-0.2, 0) is 72.3 Å². The molecular formula is C36H64Cu2N8O8. The number of nitrogens with one attached hydrogen (secondary N) is 4. The van der Waals surface area contributed by atoms with Crippen LogP contribution in [0.3, 0.4) is 0 Å². The molecule has 318 valence electrons. The van der Waals surface area contributed by atoms with Gasteiger partial charge in [0.1, 0.15) is 22.4 Å². The third-order valence-corrected chi connectivity index (χ3v) is 9.36. The van der Waals surface area contributed by atoms with E-state index in [2.05, 4.69) is 42.5 Å². The Balaban J connectivity index is 0.00000729. The van der Waals surface area contributed by atoms with E-state index in [9.17, 15) is 19.2 Å². The minimum absolute atomic E-state index is 0. The predicted molar refractivity (Wildman–Crippen MR) is 199 cm³/mol. The van der Waals surface area contributed by atoms with Gasteiger partial charge in [-0.1, -0.05) is 77.5 Å². The SMILES string of the molecule is CC1(C)CNC[C@@]2(C)OCCO[C@@]3(C)CNCC(C)(C)[N-]C(=O)[C@@](C)(CNCC(C)(C)[N-]C3=O)OCCO[C@](C)(CNCC(C)(C)[N-]C2=O)C(=O)[N-]1.[Cu+2].[Cu+2].